The van der Waals surface area contributed by atoms with Gasteiger partial charge in [-0.3, -0.25) is 0 Å². The molecule has 0 atom stereocenters. The standard InChI is InChI=1S/C6H11N3O2S2/c1-2-3-5-6(12-9-8-5)4-13(7,10)11/h2-4H2,1H3,(H2,7,10,11). The van der Waals surface area contributed by atoms with Crippen LogP contribution in [0.3, 0.4) is 0 Å². The molecule has 0 unspecified atom stereocenters. The fraction of sp³-hybridized carbons (Fsp3) is 0.667. The Morgan fingerprint density at radius 2 is 2.23 bits per heavy atom. The normalized spacial score (nSPS) is 11.8. The van der Waals surface area contributed by atoms with E-state index >= 15 is 0 Å². The summed E-state index contributed by atoms with van der Waals surface area (Å²) in [5, 5.41) is 8.75. The Labute approximate surface area is 81.2 Å². The van der Waals surface area contributed by atoms with Crippen LogP contribution in [-0.2, 0) is 22.2 Å². The van der Waals surface area contributed by atoms with Crippen LogP contribution in [0.25, 0.3) is 0 Å². The molecular formula is C6H11N3O2S2. The van der Waals surface area contributed by atoms with Crippen molar-refractivity contribution in [1.29, 1.82) is 0 Å². The summed E-state index contributed by atoms with van der Waals surface area (Å²) < 4.78 is 25.3. The number of rotatable bonds is 4. The van der Waals surface area contributed by atoms with E-state index in [0.717, 1.165) is 30.1 Å². The highest BCUT2D eigenvalue weighted by Gasteiger charge is 2.12. The molecule has 74 valence electrons. The molecule has 1 heterocycles. The second kappa shape index (κ2) is 4.12. The zero-order valence-electron chi connectivity index (χ0n) is 7.23. The number of hydrogen-bond donors (Lipinski definition) is 1. The highest BCUT2D eigenvalue weighted by molar-refractivity contribution is 7.88. The van der Waals surface area contributed by atoms with Crippen LogP contribution >= 0.6 is 11.5 Å². The van der Waals surface area contributed by atoms with E-state index in [-0.39, 0.29) is 5.75 Å². The summed E-state index contributed by atoms with van der Waals surface area (Å²) in [5.74, 6) is -0.153. The molecule has 5 nitrogen and oxygen atoms in total. The van der Waals surface area contributed by atoms with Crippen LogP contribution in [0, 0.1) is 0 Å². The van der Waals surface area contributed by atoms with E-state index in [2.05, 4.69) is 9.59 Å². The van der Waals surface area contributed by atoms with E-state index in [1.807, 2.05) is 6.92 Å². The lowest BCUT2D eigenvalue weighted by atomic mass is 10.2. The van der Waals surface area contributed by atoms with Gasteiger partial charge < -0.3 is 0 Å². The number of nitrogens with zero attached hydrogens (tertiary/aromatic N) is 2. The van der Waals surface area contributed by atoms with E-state index in [1.54, 1.807) is 0 Å². The van der Waals surface area contributed by atoms with Crippen molar-refractivity contribution in [2.75, 3.05) is 0 Å². The topological polar surface area (TPSA) is 85.9 Å². The molecule has 0 saturated carbocycles. The summed E-state index contributed by atoms with van der Waals surface area (Å²) in [5.41, 5.74) is 0.751. The lowest BCUT2D eigenvalue weighted by Gasteiger charge is -1.96. The van der Waals surface area contributed by atoms with Gasteiger partial charge in [-0.25, -0.2) is 13.6 Å². The van der Waals surface area contributed by atoms with Gasteiger partial charge in [0.15, 0.2) is 0 Å². The first kappa shape index (κ1) is 10.6. The summed E-state index contributed by atoms with van der Waals surface area (Å²) in [6.45, 7) is 2.00. The third kappa shape index (κ3) is 3.37. The maximum absolute atomic E-state index is 10.8. The number of aromatic nitrogens is 2. The van der Waals surface area contributed by atoms with Crippen LogP contribution < -0.4 is 5.14 Å². The molecule has 0 aromatic carbocycles. The van der Waals surface area contributed by atoms with E-state index in [9.17, 15) is 8.42 Å². The Balaban J connectivity index is 2.82. The molecule has 0 aliphatic heterocycles. The average Bonchev–Trinajstić information content (AvgIpc) is 2.34. The Bertz CT molecular complexity index is 371. The van der Waals surface area contributed by atoms with Gasteiger partial charge in [0.25, 0.3) is 0 Å². The molecule has 2 N–H and O–H groups in total. The van der Waals surface area contributed by atoms with Crippen molar-refractivity contribution in [2.24, 2.45) is 5.14 Å². The molecule has 1 aromatic heterocycles. The highest BCUT2D eigenvalue weighted by atomic mass is 32.2. The summed E-state index contributed by atoms with van der Waals surface area (Å²) in [6.07, 6.45) is 1.67. The van der Waals surface area contributed by atoms with Gasteiger partial charge in [-0.2, -0.15) is 0 Å². The van der Waals surface area contributed by atoms with Crippen molar-refractivity contribution in [3.63, 3.8) is 0 Å². The van der Waals surface area contributed by atoms with Gasteiger partial charge >= 0.3 is 0 Å². The SMILES string of the molecule is CCCc1nnsc1CS(N)(=O)=O. The van der Waals surface area contributed by atoms with Crippen molar-refractivity contribution < 1.29 is 8.42 Å². The van der Waals surface area contributed by atoms with E-state index in [0.29, 0.717) is 4.88 Å². The smallest absolute Gasteiger partial charge is 0.214 e. The van der Waals surface area contributed by atoms with Crippen LogP contribution in [0.1, 0.15) is 23.9 Å². The predicted molar refractivity (Wildman–Crippen MR) is 50.7 cm³/mol. The Hall–Kier alpha value is -0.530. The molecule has 0 aliphatic rings. The predicted octanol–water partition coefficient (Wildman–Crippen LogP) is 0.279. The maximum Gasteiger partial charge on any atom is 0.214 e. The first-order valence-electron chi connectivity index (χ1n) is 3.83. The monoisotopic (exact) mass is 221 g/mol. The average molecular weight is 221 g/mol. The molecule has 13 heavy (non-hydrogen) atoms. The zero-order valence-corrected chi connectivity index (χ0v) is 8.86. The molecule has 0 spiro atoms. The second-order valence-corrected chi connectivity index (χ2v) is 5.15. The summed E-state index contributed by atoms with van der Waals surface area (Å²) in [7, 11) is -3.46. The van der Waals surface area contributed by atoms with Crippen molar-refractivity contribution in [3.8, 4) is 0 Å². The molecule has 1 aromatic rings. The van der Waals surface area contributed by atoms with Crippen LogP contribution in [-0.4, -0.2) is 18.0 Å². The van der Waals surface area contributed by atoms with Gasteiger partial charge in [0.1, 0.15) is 5.75 Å². The number of sulfonamides is 1. The molecule has 0 radical (unpaired) electrons. The van der Waals surface area contributed by atoms with Gasteiger partial charge in [0, 0.05) is 0 Å². The molecule has 0 saturated heterocycles. The Morgan fingerprint density at radius 3 is 2.77 bits per heavy atom. The minimum atomic E-state index is -3.46. The van der Waals surface area contributed by atoms with Gasteiger partial charge in [0.2, 0.25) is 10.0 Å². The van der Waals surface area contributed by atoms with E-state index in [4.69, 9.17) is 5.14 Å². The van der Waals surface area contributed by atoms with Crippen molar-refractivity contribution in [3.05, 3.63) is 10.6 Å². The highest BCUT2D eigenvalue weighted by Crippen LogP contribution is 2.14. The summed E-state index contributed by atoms with van der Waals surface area (Å²) >= 11 is 1.10. The molecule has 0 fully saturated rings. The molecule has 0 amide bonds. The first-order chi connectivity index (χ1) is 6.03. The number of nitrogens with two attached hydrogens (primary N) is 1. The summed E-state index contributed by atoms with van der Waals surface area (Å²) in [6, 6.07) is 0. The third-order valence-corrected chi connectivity index (χ3v) is 3.09. The van der Waals surface area contributed by atoms with Crippen LogP contribution in [0.4, 0.5) is 0 Å². The zero-order chi connectivity index (χ0) is 9.90. The molecule has 7 heteroatoms. The lowest BCUT2D eigenvalue weighted by Crippen LogP contribution is -2.14. The molecule has 0 bridgehead atoms. The van der Waals surface area contributed by atoms with Crippen LogP contribution in [0.2, 0.25) is 0 Å². The fourth-order valence-corrected chi connectivity index (χ4v) is 2.67. The van der Waals surface area contributed by atoms with Crippen molar-refractivity contribution in [2.45, 2.75) is 25.5 Å². The second-order valence-electron chi connectivity index (χ2n) is 2.70. The number of primary sulfonamides is 1. The Kier molecular flexibility index (Phi) is 3.34. The van der Waals surface area contributed by atoms with E-state index in [1.165, 1.54) is 0 Å². The van der Waals surface area contributed by atoms with Crippen LogP contribution in [0.5, 0.6) is 0 Å². The fourth-order valence-electron chi connectivity index (χ4n) is 0.946. The summed E-state index contributed by atoms with van der Waals surface area (Å²) in [4.78, 5) is 0.657. The lowest BCUT2D eigenvalue weighted by molar-refractivity contribution is 0.597. The third-order valence-electron chi connectivity index (χ3n) is 1.45. The van der Waals surface area contributed by atoms with Gasteiger partial charge in [-0.05, 0) is 18.0 Å². The first-order valence-corrected chi connectivity index (χ1v) is 6.32. The minimum absolute atomic E-state index is 0.153. The molecule has 1 rings (SSSR count). The number of hydrogen-bond acceptors (Lipinski definition) is 5. The van der Waals surface area contributed by atoms with Crippen molar-refractivity contribution in [1.82, 2.24) is 9.59 Å². The minimum Gasteiger partial charge on any atom is -0.228 e. The quantitative estimate of drug-likeness (QED) is 0.791. The van der Waals surface area contributed by atoms with Crippen molar-refractivity contribution >= 4 is 21.6 Å². The van der Waals surface area contributed by atoms with E-state index < -0.39 is 10.0 Å². The van der Waals surface area contributed by atoms with Gasteiger partial charge in [-0.15, -0.1) is 5.10 Å². The number of aryl methyl sites for hydroxylation is 1. The molecular weight excluding hydrogens is 210 g/mol. The maximum atomic E-state index is 10.8. The Morgan fingerprint density at radius 1 is 1.54 bits per heavy atom. The van der Waals surface area contributed by atoms with Crippen LogP contribution in [0.15, 0.2) is 0 Å². The van der Waals surface area contributed by atoms with Gasteiger partial charge in [0.05, 0.1) is 10.6 Å². The van der Waals surface area contributed by atoms with Gasteiger partial charge in [-0.1, -0.05) is 17.8 Å². The largest absolute Gasteiger partial charge is 0.228 e. The molecule has 0 aliphatic carbocycles.